The van der Waals surface area contributed by atoms with Gasteiger partial charge in [0.25, 0.3) is 0 Å². The number of benzene rings is 3. The summed E-state index contributed by atoms with van der Waals surface area (Å²) in [6, 6.07) is 25.4. The number of hydrogen-bond acceptors (Lipinski definition) is 9. The van der Waals surface area contributed by atoms with Crippen LogP contribution in [0.5, 0.6) is 0 Å². The van der Waals surface area contributed by atoms with Crippen molar-refractivity contribution in [2.24, 2.45) is 5.92 Å². The molecule has 0 spiro atoms. The Kier molecular flexibility index (Phi) is 11.8. The molecule has 1 atom stereocenters. The van der Waals surface area contributed by atoms with Gasteiger partial charge in [-0.1, -0.05) is 60.1 Å². The van der Waals surface area contributed by atoms with Crippen molar-refractivity contribution in [1.29, 1.82) is 0 Å². The van der Waals surface area contributed by atoms with E-state index in [0.29, 0.717) is 18.8 Å². The van der Waals surface area contributed by atoms with Crippen LogP contribution in [0.15, 0.2) is 83.5 Å². The number of aromatic nitrogens is 3. The van der Waals surface area contributed by atoms with Crippen LogP contribution in [0, 0.1) is 5.92 Å². The maximum Gasteiger partial charge on any atom is 0.234 e. The van der Waals surface area contributed by atoms with Crippen molar-refractivity contribution in [3.05, 3.63) is 105 Å². The minimum Gasteiger partial charge on any atom is -0.372 e. The molecule has 3 aromatic carbocycles. The summed E-state index contributed by atoms with van der Waals surface area (Å²) < 4.78 is 0.980. The van der Waals surface area contributed by atoms with Gasteiger partial charge in [0.2, 0.25) is 11.8 Å². The van der Waals surface area contributed by atoms with E-state index in [1.165, 1.54) is 29.7 Å². The second kappa shape index (κ2) is 17.5. The molecule has 0 saturated carbocycles. The lowest BCUT2D eigenvalue weighted by Gasteiger charge is -2.39. The number of imidazole rings is 1. The number of imide groups is 1. The van der Waals surface area contributed by atoms with Gasteiger partial charge >= 0.3 is 0 Å². The van der Waals surface area contributed by atoms with Gasteiger partial charge in [-0.25, -0.2) is 9.97 Å². The first-order valence-corrected chi connectivity index (χ1v) is 22.0. The van der Waals surface area contributed by atoms with Gasteiger partial charge in [0, 0.05) is 114 Å². The van der Waals surface area contributed by atoms with Crippen molar-refractivity contribution in [3.63, 3.8) is 0 Å². The number of pyridine rings is 1. The summed E-state index contributed by atoms with van der Waals surface area (Å²) in [5.74, 6) is 0.972. The van der Waals surface area contributed by atoms with E-state index in [1.54, 1.807) is 0 Å². The lowest BCUT2D eigenvalue weighted by Crippen LogP contribution is -2.48. The van der Waals surface area contributed by atoms with Crippen LogP contribution >= 0.6 is 27.5 Å². The number of carbonyl (C=O) groups is 2. The zero-order valence-corrected chi connectivity index (χ0v) is 35.2. The van der Waals surface area contributed by atoms with Gasteiger partial charge in [-0.2, -0.15) is 0 Å². The maximum atomic E-state index is 12.5. The predicted octanol–water partition coefficient (Wildman–Crippen LogP) is 6.92. The smallest absolute Gasteiger partial charge is 0.234 e. The van der Waals surface area contributed by atoms with Gasteiger partial charge in [0.15, 0.2) is 5.65 Å². The molecule has 0 unspecified atom stereocenters. The van der Waals surface area contributed by atoms with Crippen LogP contribution in [-0.4, -0.2) is 113 Å². The SMILES string of the molecule is O=C1CC[C@@H](c2cccc(N3CCC(CN4CCN(Cc5ccc(-c6nc7ncc(Br)c(N8CCN(Cc9ccc(Cl)cc9)CC8)c7[nH]6)cc5)CC4)CC3)c2)C(=O)N1. The Morgan fingerprint density at radius 2 is 1.40 bits per heavy atom. The van der Waals surface area contributed by atoms with Crippen molar-refractivity contribution >= 4 is 61.9 Å². The molecule has 9 rings (SSSR count). The normalized spacial score (nSPS) is 20.6. The lowest BCUT2D eigenvalue weighted by atomic mass is 9.90. The summed E-state index contributed by atoms with van der Waals surface area (Å²) in [5, 5.41) is 3.28. The minimum absolute atomic E-state index is 0.166. The Morgan fingerprint density at radius 3 is 2.09 bits per heavy atom. The molecule has 0 radical (unpaired) electrons. The summed E-state index contributed by atoms with van der Waals surface area (Å²) in [4.78, 5) is 49.9. The summed E-state index contributed by atoms with van der Waals surface area (Å²) in [7, 11) is 0. The fourth-order valence-corrected chi connectivity index (χ4v) is 9.87. The molecule has 2 amide bonds. The van der Waals surface area contributed by atoms with Crippen molar-refractivity contribution in [2.45, 2.75) is 44.7 Å². The quantitative estimate of drug-likeness (QED) is 0.145. The number of halogens is 2. The van der Waals surface area contributed by atoms with Crippen molar-refractivity contribution in [3.8, 4) is 11.4 Å². The monoisotopic (exact) mass is 863 g/mol. The first-order valence-electron chi connectivity index (χ1n) is 20.8. The Labute approximate surface area is 353 Å². The van der Waals surface area contributed by atoms with Gasteiger partial charge in [-0.05, 0) is 82.1 Å². The van der Waals surface area contributed by atoms with Gasteiger partial charge in [0.1, 0.15) is 11.3 Å². The number of fused-ring (bicyclic) bond motifs is 1. The molecule has 6 heterocycles. The number of amides is 2. The first-order chi connectivity index (χ1) is 28.3. The van der Waals surface area contributed by atoms with E-state index in [4.69, 9.17) is 16.6 Å². The maximum absolute atomic E-state index is 12.5. The topological polar surface area (TPSA) is 104 Å². The van der Waals surface area contributed by atoms with Gasteiger partial charge in [0.05, 0.1) is 16.1 Å². The minimum atomic E-state index is -0.239. The number of nitrogens with zero attached hydrogens (tertiary/aromatic N) is 7. The number of hydrogen-bond donors (Lipinski definition) is 2. The molecule has 4 aliphatic rings. The summed E-state index contributed by atoms with van der Waals surface area (Å²) >= 11 is 9.90. The van der Waals surface area contributed by atoms with Crippen molar-refractivity contribution in [2.75, 3.05) is 81.8 Å². The van der Waals surface area contributed by atoms with E-state index in [1.807, 2.05) is 24.4 Å². The zero-order valence-electron chi connectivity index (χ0n) is 32.9. The fraction of sp³-hybridized carbons (Fsp3) is 0.422. The molecule has 4 saturated heterocycles. The molecule has 13 heteroatoms. The average Bonchev–Trinajstić information content (AvgIpc) is 3.68. The average molecular weight is 865 g/mol. The standard InChI is InChI=1S/C45H51BrClN9O2/c46-39-27-48-44-41(42(39)56-24-22-54(23-25-56)29-32-6-10-36(47)11-7-32)50-43(51-44)34-8-4-31(5-9-34)28-52-18-20-53(21-19-52)30-33-14-16-55(17-15-33)37-3-1-2-35(26-37)38-12-13-40(57)49-45(38)58/h1-11,26-27,33,38H,12-25,28-30H2,(H,48,50,51)(H,49,57,58)/t38-/m0/s1. The number of H-pyrrole nitrogens is 1. The third kappa shape index (κ3) is 8.96. The highest BCUT2D eigenvalue weighted by atomic mass is 79.9. The number of anilines is 2. The molecule has 2 aromatic heterocycles. The largest absolute Gasteiger partial charge is 0.372 e. The van der Waals surface area contributed by atoms with Crippen LogP contribution in [0.2, 0.25) is 5.02 Å². The van der Waals surface area contributed by atoms with E-state index >= 15 is 0 Å². The summed E-state index contributed by atoms with van der Waals surface area (Å²) in [5.41, 5.74) is 8.71. The lowest BCUT2D eigenvalue weighted by molar-refractivity contribution is -0.134. The Morgan fingerprint density at radius 1 is 0.741 bits per heavy atom. The van der Waals surface area contributed by atoms with Gasteiger partial charge in [-0.15, -0.1) is 0 Å². The third-order valence-electron chi connectivity index (χ3n) is 12.6. The highest BCUT2D eigenvalue weighted by molar-refractivity contribution is 9.10. The summed E-state index contributed by atoms with van der Waals surface area (Å²) in [6.07, 6.45) is 5.23. The van der Waals surface area contributed by atoms with Gasteiger partial charge in [-0.3, -0.25) is 24.7 Å². The summed E-state index contributed by atoms with van der Waals surface area (Å²) in [6.45, 7) is 13.3. The van der Waals surface area contributed by atoms with Crippen LogP contribution in [0.3, 0.4) is 0 Å². The second-order valence-electron chi connectivity index (χ2n) is 16.4. The molecule has 4 fully saturated rings. The second-order valence-corrected chi connectivity index (χ2v) is 17.7. The van der Waals surface area contributed by atoms with Gasteiger partial charge < -0.3 is 19.7 Å². The number of rotatable bonds is 10. The number of aromatic amines is 1. The molecule has 58 heavy (non-hydrogen) atoms. The molecular formula is C45H51BrClN9O2. The van der Waals surface area contributed by atoms with Crippen LogP contribution in [0.25, 0.3) is 22.6 Å². The van der Waals surface area contributed by atoms with Crippen LogP contribution in [0.4, 0.5) is 11.4 Å². The van der Waals surface area contributed by atoms with E-state index in [-0.39, 0.29) is 17.7 Å². The van der Waals surface area contributed by atoms with E-state index in [9.17, 15) is 9.59 Å². The van der Waals surface area contributed by atoms with Crippen molar-refractivity contribution < 1.29 is 9.59 Å². The molecule has 5 aromatic rings. The Balaban J connectivity index is 0.739. The predicted molar refractivity (Wildman–Crippen MR) is 234 cm³/mol. The number of piperazine rings is 2. The highest BCUT2D eigenvalue weighted by Gasteiger charge is 2.30. The molecular weight excluding hydrogens is 814 g/mol. The van der Waals surface area contributed by atoms with Crippen LogP contribution in [0.1, 0.15) is 48.3 Å². The van der Waals surface area contributed by atoms with E-state index in [2.05, 4.69) is 110 Å². The first kappa shape index (κ1) is 39.1. The zero-order chi connectivity index (χ0) is 39.6. The van der Waals surface area contributed by atoms with Crippen LogP contribution in [-0.2, 0) is 22.7 Å². The van der Waals surface area contributed by atoms with Crippen LogP contribution < -0.4 is 15.1 Å². The number of piperidine rings is 2. The molecule has 11 nitrogen and oxygen atoms in total. The molecule has 302 valence electrons. The molecule has 0 aliphatic carbocycles. The molecule has 2 N–H and O–H groups in total. The van der Waals surface area contributed by atoms with E-state index < -0.39 is 0 Å². The van der Waals surface area contributed by atoms with Crippen molar-refractivity contribution in [1.82, 2.24) is 35.0 Å². The highest BCUT2D eigenvalue weighted by Crippen LogP contribution is 2.35. The Bertz CT molecular complexity index is 2230. The third-order valence-corrected chi connectivity index (χ3v) is 13.4. The Hall–Kier alpha value is -4.33. The molecule has 0 bridgehead atoms. The number of nitrogens with one attached hydrogen (secondary N) is 2. The molecule has 4 aliphatic heterocycles. The fourth-order valence-electron chi connectivity index (χ4n) is 9.19. The van der Waals surface area contributed by atoms with E-state index in [0.717, 1.165) is 128 Å². The number of carbonyl (C=O) groups excluding carboxylic acids is 2.